The number of rotatable bonds is 10. The van der Waals surface area contributed by atoms with Crippen LogP contribution in [0.15, 0.2) is 84.5 Å². The van der Waals surface area contributed by atoms with Crippen LogP contribution >= 0.6 is 0 Å². The van der Waals surface area contributed by atoms with Crippen LogP contribution in [0.1, 0.15) is 78.2 Å². The zero-order chi connectivity index (χ0) is 20.8. The van der Waals surface area contributed by atoms with Gasteiger partial charge in [-0.1, -0.05) is 127 Å². The predicted octanol–water partition coefficient (Wildman–Crippen LogP) is 9.09. The van der Waals surface area contributed by atoms with E-state index in [1.54, 1.807) is 0 Å². The molecule has 0 heterocycles. The van der Waals surface area contributed by atoms with E-state index in [2.05, 4.69) is 81.6 Å². The van der Waals surface area contributed by atoms with E-state index in [1.807, 2.05) is 13.8 Å². The summed E-state index contributed by atoms with van der Waals surface area (Å²) in [5, 5.41) is 0. The first kappa shape index (κ1) is 24.0. The molecule has 0 spiro atoms. The van der Waals surface area contributed by atoms with Crippen LogP contribution in [0.25, 0.3) is 5.57 Å². The third-order valence-corrected chi connectivity index (χ3v) is 5.32. The van der Waals surface area contributed by atoms with Crippen molar-refractivity contribution in [2.45, 2.75) is 72.6 Å². The summed E-state index contributed by atoms with van der Waals surface area (Å²) in [4.78, 5) is 0. The molecule has 0 fully saturated rings. The van der Waals surface area contributed by atoms with Crippen LogP contribution in [-0.4, -0.2) is 0 Å². The first-order valence-electron chi connectivity index (χ1n) is 11.1. The van der Waals surface area contributed by atoms with E-state index in [4.69, 9.17) is 0 Å². The van der Waals surface area contributed by atoms with Crippen LogP contribution in [0.5, 0.6) is 0 Å². The van der Waals surface area contributed by atoms with Gasteiger partial charge in [0.25, 0.3) is 0 Å². The monoisotopic (exact) mass is 376 g/mol. The van der Waals surface area contributed by atoms with Gasteiger partial charge in [-0.2, -0.15) is 0 Å². The summed E-state index contributed by atoms with van der Waals surface area (Å²) < 4.78 is 0. The fourth-order valence-corrected chi connectivity index (χ4v) is 3.51. The lowest BCUT2D eigenvalue weighted by Gasteiger charge is -2.16. The van der Waals surface area contributed by atoms with Crippen molar-refractivity contribution >= 4 is 5.57 Å². The van der Waals surface area contributed by atoms with E-state index in [9.17, 15) is 0 Å². The van der Waals surface area contributed by atoms with E-state index >= 15 is 0 Å². The molecule has 0 N–H and O–H groups in total. The van der Waals surface area contributed by atoms with Gasteiger partial charge < -0.3 is 0 Å². The topological polar surface area (TPSA) is 0 Å². The van der Waals surface area contributed by atoms with Gasteiger partial charge in [-0.05, 0) is 47.5 Å². The highest BCUT2D eigenvalue weighted by Crippen LogP contribution is 2.30. The molecule has 2 rings (SSSR count). The molecule has 1 aromatic carbocycles. The SMILES string of the molecule is C=C(/C=C\C(=C)C1=CC=C(c2ccccc2)CC1)CC(CC)CCCC.CC. The van der Waals surface area contributed by atoms with Crippen LogP contribution in [-0.2, 0) is 0 Å². The quantitative estimate of drug-likeness (QED) is 0.357. The minimum Gasteiger partial charge on any atom is -0.0958 e. The van der Waals surface area contributed by atoms with Crippen molar-refractivity contribution < 1.29 is 0 Å². The molecule has 1 unspecified atom stereocenters. The second kappa shape index (κ2) is 14.0. The predicted molar refractivity (Wildman–Crippen MR) is 128 cm³/mol. The average Bonchev–Trinajstić information content (AvgIpc) is 2.77. The van der Waals surface area contributed by atoms with E-state index in [-0.39, 0.29) is 0 Å². The Hall–Kier alpha value is -2.08. The van der Waals surface area contributed by atoms with Gasteiger partial charge in [-0.15, -0.1) is 0 Å². The van der Waals surface area contributed by atoms with Gasteiger partial charge in [0.1, 0.15) is 0 Å². The second-order valence-corrected chi connectivity index (χ2v) is 7.39. The smallest absolute Gasteiger partial charge is 0.0224 e. The van der Waals surface area contributed by atoms with Crippen molar-refractivity contribution in [3.63, 3.8) is 0 Å². The van der Waals surface area contributed by atoms with Gasteiger partial charge in [-0.25, -0.2) is 0 Å². The normalized spacial score (nSPS) is 14.6. The molecule has 152 valence electrons. The summed E-state index contributed by atoms with van der Waals surface area (Å²) in [7, 11) is 0. The molecule has 0 saturated carbocycles. The molecule has 1 atom stereocenters. The number of hydrogen-bond donors (Lipinski definition) is 0. The third-order valence-electron chi connectivity index (χ3n) is 5.32. The summed E-state index contributed by atoms with van der Waals surface area (Å²) in [5.41, 5.74) is 6.43. The Kier molecular flexibility index (Phi) is 12.0. The maximum atomic E-state index is 4.27. The van der Waals surface area contributed by atoms with E-state index < -0.39 is 0 Å². The van der Waals surface area contributed by atoms with Gasteiger partial charge in [0.15, 0.2) is 0 Å². The zero-order valence-corrected chi connectivity index (χ0v) is 18.6. The Balaban J connectivity index is 0.00000190. The Morgan fingerprint density at radius 2 is 1.71 bits per heavy atom. The van der Waals surface area contributed by atoms with Crippen molar-refractivity contribution in [3.05, 3.63) is 90.1 Å². The molecular weight excluding hydrogens is 336 g/mol. The highest BCUT2D eigenvalue weighted by atomic mass is 14.1. The first-order chi connectivity index (χ1) is 13.6. The lowest BCUT2D eigenvalue weighted by atomic mass is 9.89. The lowest BCUT2D eigenvalue weighted by molar-refractivity contribution is 0.451. The van der Waals surface area contributed by atoms with Gasteiger partial charge >= 0.3 is 0 Å². The summed E-state index contributed by atoms with van der Waals surface area (Å²) in [5.74, 6) is 0.769. The number of unbranched alkanes of at least 4 members (excludes halogenated alkanes) is 1. The fraction of sp³-hybridized carbons (Fsp3) is 0.429. The first-order valence-corrected chi connectivity index (χ1v) is 11.1. The van der Waals surface area contributed by atoms with Crippen molar-refractivity contribution in [1.29, 1.82) is 0 Å². The molecule has 1 aromatic rings. The molecule has 28 heavy (non-hydrogen) atoms. The highest BCUT2D eigenvalue weighted by Gasteiger charge is 2.10. The zero-order valence-electron chi connectivity index (χ0n) is 18.6. The molecule has 0 amide bonds. The maximum absolute atomic E-state index is 4.27. The maximum Gasteiger partial charge on any atom is -0.0224 e. The number of hydrogen-bond acceptors (Lipinski definition) is 0. The number of allylic oxidation sites excluding steroid dienone is 8. The molecule has 0 nitrogen and oxygen atoms in total. The average molecular weight is 377 g/mol. The summed E-state index contributed by atoms with van der Waals surface area (Å²) in [6.07, 6.45) is 17.2. The minimum absolute atomic E-state index is 0.769. The van der Waals surface area contributed by atoms with Crippen LogP contribution in [0.4, 0.5) is 0 Å². The molecular formula is C28H40. The highest BCUT2D eigenvalue weighted by molar-refractivity contribution is 5.69. The molecule has 0 aliphatic heterocycles. The van der Waals surface area contributed by atoms with Crippen LogP contribution in [0.2, 0.25) is 0 Å². The van der Waals surface area contributed by atoms with E-state index in [1.165, 1.54) is 48.0 Å². The van der Waals surface area contributed by atoms with Crippen LogP contribution in [0.3, 0.4) is 0 Å². The van der Waals surface area contributed by atoms with Crippen LogP contribution < -0.4 is 0 Å². The Morgan fingerprint density at radius 1 is 1.00 bits per heavy atom. The molecule has 1 aliphatic carbocycles. The van der Waals surface area contributed by atoms with Crippen molar-refractivity contribution in [1.82, 2.24) is 0 Å². The largest absolute Gasteiger partial charge is 0.0958 e. The molecule has 0 saturated heterocycles. The van der Waals surface area contributed by atoms with Gasteiger partial charge in [0, 0.05) is 0 Å². The summed E-state index contributed by atoms with van der Waals surface area (Å²) in [6, 6.07) is 10.6. The van der Waals surface area contributed by atoms with E-state index in [0.29, 0.717) is 0 Å². The molecule has 0 aromatic heterocycles. The number of benzene rings is 1. The van der Waals surface area contributed by atoms with Crippen molar-refractivity contribution in [2.24, 2.45) is 5.92 Å². The Labute approximate surface area is 174 Å². The van der Waals surface area contributed by atoms with E-state index in [0.717, 1.165) is 30.8 Å². The van der Waals surface area contributed by atoms with Gasteiger partial charge in [-0.3, -0.25) is 0 Å². The summed E-state index contributed by atoms with van der Waals surface area (Å²) in [6.45, 7) is 17.1. The second-order valence-electron chi connectivity index (χ2n) is 7.39. The Morgan fingerprint density at radius 3 is 2.29 bits per heavy atom. The van der Waals surface area contributed by atoms with Gasteiger partial charge in [0.05, 0.1) is 0 Å². The van der Waals surface area contributed by atoms with Crippen LogP contribution in [0, 0.1) is 5.92 Å². The van der Waals surface area contributed by atoms with Crippen molar-refractivity contribution in [2.75, 3.05) is 0 Å². The molecule has 0 bridgehead atoms. The molecule has 0 heteroatoms. The summed E-state index contributed by atoms with van der Waals surface area (Å²) >= 11 is 0. The third kappa shape index (κ3) is 8.30. The molecule has 0 radical (unpaired) electrons. The lowest BCUT2D eigenvalue weighted by Crippen LogP contribution is -1.99. The van der Waals surface area contributed by atoms with Gasteiger partial charge in [0.2, 0.25) is 0 Å². The standard InChI is InChI=1S/C26H34.C2H6/c1-5-7-11-23(6-2)20-21(3)14-15-22(4)24-16-18-26(19-17-24)25-12-9-8-10-13-25;1-2/h8-10,12-16,18,23H,3-7,11,17,19-20H2,1-2H3;1-2H3/b15-14-;. The molecule has 1 aliphatic rings. The minimum atomic E-state index is 0.769. The van der Waals surface area contributed by atoms with Crippen molar-refractivity contribution in [3.8, 4) is 0 Å². The Bertz CT molecular complexity index is 682. The fourth-order valence-electron chi connectivity index (χ4n) is 3.51.